The highest BCUT2D eigenvalue weighted by Gasteiger charge is 2.17. The van der Waals surface area contributed by atoms with E-state index in [0.29, 0.717) is 0 Å². The van der Waals surface area contributed by atoms with E-state index in [9.17, 15) is 4.39 Å². The molecule has 104 valence electrons. The zero-order valence-electron chi connectivity index (χ0n) is 11.2. The molecule has 1 unspecified atom stereocenters. The van der Waals surface area contributed by atoms with E-state index in [-0.39, 0.29) is 11.9 Å². The van der Waals surface area contributed by atoms with Gasteiger partial charge < -0.3 is 5.32 Å². The van der Waals surface area contributed by atoms with E-state index in [1.165, 1.54) is 15.8 Å². The molecule has 1 atom stereocenters. The van der Waals surface area contributed by atoms with Crippen molar-refractivity contribution in [1.29, 1.82) is 0 Å². The molecular formula is C16H16FNS2. The Bertz CT molecular complexity index is 688. The SMILES string of the molecule is CCCNC(c1cccs1)c1cc2cc(F)ccc2s1. The summed E-state index contributed by atoms with van der Waals surface area (Å²) in [5.41, 5.74) is 0. The van der Waals surface area contributed by atoms with E-state index in [1.54, 1.807) is 28.7 Å². The average molecular weight is 305 g/mol. The summed E-state index contributed by atoms with van der Waals surface area (Å²) in [6, 6.07) is 11.6. The third-order valence-electron chi connectivity index (χ3n) is 3.21. The predicted molar refractivity (Wildman–Crippen MR) is 86.2 cm³/mol. The first kappa shape index (κ1) is 13.7. The first-order valence-electron chi connectivity index (χ1n) is 6.73. The minimum atomic E-state index is -0.170. The van der Waals surface area contributed by atoms with Gasteiger partial charge in [0.25, 0.3) is 0 Å². The Morgan fingerprint density at radius 1 is 1.20 bits per heavy atom. The number of benzene rings is 1. The summed E-state index contributed by atoms with van der Waals surface area (Å²) < 4.78 is 14.5. The summed E-state index contributed by atoms with van der Waals surface area (Å²) >= 11 is 3.50. The van der Waals surface area contributed by atoms with Gasteiger partial charge in [0, 0.05) is 14.5 Å². The third-order valence-corrected chi connectivity index (χ3v) is 5.33. The van der Waals surface area contributed by atoms with Gasteiger partial charge in [-0.25, -0.2) is 4.39 Å². The number of hydrogen-bond acceptors (Lipinski definition) is 3. The maximum atomic E-state index is 13.3. The fraction of sp³-hybridized carbons (Fsp3) is 0.250. The average Bonchev–Trinajstić information content (AvgIpc) is 3.08. The van der Waals surface area contributed by atoms with Crippen LogP contribution in [0.5, 0.6) is 0 Å². The van der Waals surface area contributed by atoms with Crippen LogP contribution in [0.3, 0.4) is 0 Å². The Morgan fingerprint density at radius 2 is 2.10 bits per heavy atom. The van der Waals surface area contributed by atoms with Crippen molar-refractivity contribution in [3.05, 3.63) is 57.3 Å². The fourth-order valence-corrected chi connectivity index (χ4v) is 4.29. The van der Waals surface area contributed by atoms with E-state index in [1.807, 2.05) is 6.07 Å². The number of fused-ring (bicyclic) bond motifs is 1. The van der Waals surface area contributed by atoms with Crippen LogP contribution in [0.15, 0.2) is 41.8 Å². The Morgan fingerprint density at radius 3 is 2.85 bits per heavy atom. The number of hydrogen-bond donors (Lipinski definition) is 1. The molecule has 3 aromatic rings. The Balaban J connectivity index is 1.99. The maximum Gasteiger partial charge on any atom is 0.123 e. The maximum absolute atomic E-state index is 13.3. The number of thiophene rings is 2. The van der Waals surface area contributed by atoms with Crippen LogP contribution in [0.25, 0.3) is 10.1 Å². The second-order valence-corrected chi connectivity index (χ2v) is 6.83. The molecule has 0 saturated carbocycles. The van der Waals surface area contributed by atoms with Gasteiger partial charge in [0.15, 0.2) is 0 Å². The highest BCUT2D eigenvalue weighted by atomic mass is 32.1. The molecule has 0 spiro atoms. The van der Waals surface area contributed by atoms with E-state index in [0.717, 1.165) is 23.1 Å². The lowest BCUT2D eigenvalue weighted by atomic mass is 10.1. The van der Waals surface area contributed by atoms with Crippen molar-refractivity contribution in [2.45, 2.75) is 19.4 Å². The molecule has 0 fully saturated rings. The molecule has 0 aliphatic heterocycles. The normalized spacial score (nSPS) is 12.9. The Hall–Kier alpha value is -1.23. The summed E-state index contributed by atoms with van der Waals surface area (Å²) in [5.74, 6) is -0.170. The van der Waals surface area contributed by atoms with Crippen LogP contribution in [-0.2, 0) is 0 Å². The van der Waals surface area contributed by atoms with Gasteiger partial charge >= 0.3 is 0 Å². The van der Waals surface area contributed by atoms with Crippen LogP contribution in [0, 0.1) is 5.82 Å². The van der Waals surface area contributed by atoms with Crippen LogP contribution in [0.1, 0.15) is 29.1 Å². The molecule has 0 amide bonds. The highest BCUT2D eigenvalue weighted by Crippen LogP contribution is 2.35. The molecule has 1 aromatic carbocycles. The van der Waals surface area contributed by atoms with Crippen molar-refractivity contribution in [2.75, 3.05) is 6.54 Å². The van der Waals surface area contributed by atoms with Crippen LogP contribution in [-0.4, -0.2) is 6.54 Å². The van der Waals surface area contributed by atoms with Gasteiger partial charge in [-0.2, -0.15) is 0 Å². The Kier molecular flexibility index (Phi) is 4.15. The first-order valence-corrected chi connectivity index (χ1v) is 8.43. The monoisotopic (exact) mass is 305 g/mol. The number of halogens is 1. The van der Waals surface area contributed by atoms with Crippen molar-refractivity contribution in [3.63, 3.8) is 0 Å². The minimum absolute atomic E-state index is 0.170. The number of nitrogens with one attached hydrogen (secondary N) is 1. The van der Waals surface area contributed by atoms with Crippen molar-refractivity contribution in [2.24, 2.45) is 0 Å². The van der Waals surface area contributed by atoms with Gasteiger partial charge in [-0.3, -0.25) is 0 Å². The molecule has 20 heavy (non-hydrogen) atoms. The van der Waals surface area contributed by atoms with E-state index in [2.05, 4.69) is 35.8 Å². The van der Waals surface area contributed by atoms with Gasteiger partial charge in [-0.15, -0.1) is 22.7 Å². The predicted octanol–water partition coefficient (Wildman–Crippen LogP) is 5.19. The molecule has 0 aliphatic carbocycles. The van der Waals surface area contributed by atoms with Crippen molar-refractivity contribution in [3.8, 4) is 0 Å². The fourth-order valence-electron chi connectivity index (χ4n) is 2.26. The lowest BCUT2D eigenvalue weighted by Crippen LogP contribution is -2.21. The molecule has 3 rings (SSSR count). The van der Waals surface area contributed by atoms with Gasteiger partial charge in [0.05, 0.1) is 6.04 Å². The van der Waals surface area contributed by atoms with Crippen LogP contribution in [0.2, 0.25) is 0 Å². The lowest BCUT2D eigenvalue weighted by molar-refractivity contribution is 0.613. The molecule has 2 heterocycles. The second-order valence-electron chi connectivity index (χ2n) is 4.73. The third kappa shape index (κ3) is 2.77. The van der Waals surface area contributed by atoms with Crippen molar-refractivity contribution >= 4 is 32.8 Å². The lowest BCUT2D eigenvalue weighted by Gasteiger charge is -2.15. The van der Waals surface area contributed by atoms with Gasteiger partial charge in [-0.05, 0) is 54.1 Å². The van der Waals surface area contributed by atoms with E-state index >= 15 is 0 Å². The van der Waals surface area contributed by atoms with Crippen LogP contribution in [0.4, 0.5) is 4.39 Å². The molecule has 1 nitrogen and oxygen atoms in total. The zero-order chi connectivity index (χ0) is 13.9. The molecular weight excluding hydrogens is 289 g/mol. The van der Waals surface area contributed by atoms with Crippen LogP contribution >= 0.6 is 22.7 Å². The molecule has 0 bridgehead atoms. The molecule has 0 saturated heterocycles. The van der Waals surface area contributed by atoms with Crippen molar-refractivity contribution < 1.29 is 4.39 Å². The highest BCUT2D eigenvalue weighted by molar-refractivity contribution is 7.19. The summed E-state index contributed by atoms with van der Waals surface area (Å²) in [6.07, 6.45) is 1.10. The quantitative estimate of drug-likeness (QED) is 0.684. The summed E-state index contributed by atoms with van der Waals surface area (Å²) in [6.45, 7) is 3.14. The summed E-state index contributed by atoms with van der Waals surface area (Å²) in [7, 11) is 0. The Labute approximate surface area is 126 Å². The van der Waals surface area contributed by atoms with E-state index in [4.69, 9.17) is 0 Å². The molecule has 2 aromatic heterocycles. The molecule has 4 heteroatoms. The summed E-state index contributed by atoms with van der Waals surface area (Å²) in [5, 5.41) is 6.68. The van der Waals surface area contributed by atoms with Crippen molar-refractivity contribution in [1.82, 2.24) is 5.32 Å². The van der Waals surface area contributed by atoms with E-state index < -0.39 is 0 Å². The topological polar surface area (TPSA) is 12.0 Å². The first-order chi connectivity index (χ1) is 9.78. The van der Waals surface area contributed by atoms with Gasteiger partial charge in [-0.1, -0.05) is 13.0 Å². The standard InChI is InChI=1S/C16H16FNS2/c1-2-7-18-16(14-4-3-8-19-14)15-10-11-9-12(17)5-6-13(11)20-15/h3-6,8-10,16,18H,2,7H2,1H3. The summed E-state index contributed by atoms with van der Waals surface area (Å²) in [4.78, 5) is 2.56. The van der Waals surface area contributed by atoms with Gasteiger partial charge in [0.1, 0.15) is 5.82 Å². The molecule has 0 radical (unpaired) electrons. The second kappa shape index (κ2) is 6.04. The van der Waals surface area contributed by atoms with Crippen LogP contribution < -0.4 is 5.32 Å². The minimum Gasteiger partial charge on any atom is -0.305 e. The zero-order valence-corrected chi connectivity index (χ0v) is 12.9. The largest absolute Gasteiger partial charge is 0.305 e. The molecule has 1 N–H and O–H groups in total. The number of rotatable bonds is 5. The van der Waals surface area contributed by atoms with Gasteiger partial charge in [0.2, 0.25) is 0 Å². The molecule has 0 aliphatic rings. The smallest absolute Gasteiger partial charge is 0.123 e.